The highest BCUT2D eigenvalue weighted by Gasteiger charge is 2.48. The highest BCUT2D eigenvalue weighted by molar-refractivity contribution is 7.22. The zero-order valence-corrected chi connectivity index (χ0v) is 20.7. The SMILES string of the molecule is O=C1C(=O)N(c2nc3ccc(Cl)cc3s2)[C@H](c2cccc(Cl)c2)/C1=C(\O)c1ccc2c(c1)OCCO2. The predicted molar refractivity (Wildman–Crippen MR) is 138 cm³/mol. The average molecular weight is 539 g/mol. The first-order chi connectivity index (χ1) is 17.4. The second-order valence-electron chi connectivity index (χ2n) is 8.19. The van der Waals surface area contributed by atoms with Gasteiger partial charge in [0.1, 0.15) is 19.0 Å². The molecule has 3 heterocycles. The number of carbonyl (C=O) groups is 2. The maximum Gasteiger partial charge on any atom is 0.301 e. The third-order valence-electron chi connectivity index (χ3n) is 5.97. The van der Waals surface area contributed by atoms with E-state index in [0.717, 1.165) is 4.70 Å². The first kappa shape index (κ1) is 22.8. The molecule has 1 atom stereocenters. The zero-order chi connectivity index (χ0) is 25.0. The molecule has 1 aromatic heterocycles. The summed E-state index contributed by atoms with van der Waals surface area (Å²) in [4.78, 5) is 32.7. The van der Waals surface area contributed by atoms with Crippen LogP contribution in [0.2, 0.25) is 10.0 Å². The van der Waals surface area contributed by atoms with Gasteiger partial charge in [0, 0.05) is 15.6 Å². The van der Waals surface area contributed by atoms with Crippen LogP contribution in [0.3, 0.4) is 0 Å². The van der Waals surface area contributed by atoms with Gasteiger partial charge in [-0.3, -0.25) is 14.5 Å². The van der Waals surface area contributed by atoms with Gasteiger partial charge in [0.05, 0.1) is 21.8 Å². The number of amides is 1. The molecule has 36 heavy (non-hydrogen) atoms. The molecule has 4 aromatic rings. The second-order valence-corrected chi connectivity index (χ2v) is 10.1. The van der Waals surface area contributed by atoms with Gasteiger partial charge in [-0.2, -0.15) is 0 Å². The van der Waals surface area contributed by atoms with Crippen molar-refractivity contribution >= 4 is 67.3 Å². The second kappa shape index (κ2) is 8.81. The van der Waals surface area contributed by atoms with E-state index in [9.17, 15) is 14.7 Å². The third kappa shape index (κ3) is 3.78. The maximum absolute atomic E-state index is 13.4. The number of aliphatic hydroxyl groups excluding tert-OH is 1. The van der Waals surface area contributed by atoms with E-state index in [1.54, 1.807) is 60.7 Å². The van der Waals surface area contributed by atoms with Gasteiger partial charge in [-0.1, -0.05) is 46.7 Å². The van der Waals surface area contributed by atoms with Crippen LogP contribution in [0.4, 0.5) is 5.13 Å². The third-order valence-corrected chi connectivity index (χ3v) is 7.46. The van der Waals surface area contributed by atoms with Crippen molar-refractivity contribution in [2.45, 2.75) is 6.04 Å². The first-order valence-corrected chi connectivity index (χ1v) is 12.5. The fourth-order valence-electron chi connectivity index (χ4n) is 4.36. The molecule has 1 fully saturated rings. The maximum atomic E-state index is 13.4. The van der Waals surface area contributed by atoms with Crippen LogP contribution in [0.1, 0.15) is 17.2 Å². The molecule has 2 aliphatic heterocycles. The van der Waals surface area contributed by atoms with Gasteiger partial charge >= 0.3 is 5.91 Å². The number of anilines is 1. The van der Waals surface area contributed by atoms with E-state index < -0.39 is 17.7 Å². The Morgan fingerprint density at radius 2 is 1.75 bits per heavy atom. The summed E-state index contributed by atoms with van der Waals surface area (Å²) in [5.74, 6) is -0.976. The average Bonchev–Trinajstić information content (AvgIpc) is 3.41. The Morgan fingerprint density at radius 3 is 2.56 bits per heavy atom. The standard InChI is InChI=1S/C26H16Cl2N2O5S/c27-15-3-1-2-13(10-15)22-21(23(31)14-4-7-18-19(11-14)35-9-8-34-18)24(32)25(33)30(22)26-29-17-6-5-16(28)12-20(17)36-26/h1-7,10-12,22,31H,8-9H2/b23-21+/t22-/m1/s1. The van der Waals surface area contributed by atoms with E-state index in [4.69, 9.17) is 32.7 Å². The molecular weight excluding hydrogens is 523 g/mol. The molecule has 0 aliphatic carbocycles. The van der Waals surface area contributed by atoms with Crippen LogP contribution in [0.25, 0.3) is 16.0 Å². The Hall–Kier alpha value is -3.59. The summed E-state index contributed by atoms with van der Waals surface area (Å²) in [5, 5.41) is 12.6. The van der Waals surface area contributed by atoms with Crippen LogP contribution in [0.5, 0.6) is 11.5 Å². The summed E-state index contributed by atoms with van der Waals surface area (Å²) in [7, 11) is 0. The number of halogens is 2. The lowest BCUT2D eigenvalue weighted by Gasteiger charge is -2.23. The smallest absolute Gasteiger partial charge is 0.301 e. The molecule has 6 rings (SSSR count). The first-order valence-electron chi connectivity index (χ1n) is 10.9. The number of rotatable bonds is 3. The van der Waals surface area contributed by atoms with E-state index in [1.165, 1.54) is 16.2 Å². The fourth-order valence-corrected chi connectivity index (χ4v) is 5.82. The van der Waals surface area contributed by atoms with E-state index in [1.807, 2.05) is 0 Å². The molecule has 3 aromatic carbocycles. The van der Waals surface area contributed by atoms with Gasteiger partial charge in [0.15, 0.2) is 16.6 Å². The molecule has 10 heteroatoms. The molecule has 0 radical (unpaired) electrons. The summed E-state index contributed by atoms with van der Waals surface area (Å²) in [6.45, 7) is 0.789. The summed E-state index contributed by atoms with van der Waals surface area (Å²) in [6, 6.07) is 15.9. The molecule has 0 saturated carbocycles. The Balaban J connectivity index is 1.54. The van der Waals surface area contributed by atoms with Crippen LogP contribution < -0.4 is 14.4 Å². The molecule has 7 nitrogen and oxygen atoms in total. The van der Waals surface area contributed by atoms with Gasteiger partial charge in [0.2, 0.25) is 0 Å². The van der Waals surface area contributed by atoms with E-state index in [-0.39, 0.29) is 11.3 Å². The number of ketones is 1. The monoisotopic (exact) mass is 538 g/mol. The number of Topliss-reactive ketones (excluding diaryl/α,β-unsaturated/α-hetero) is 1. The number of nitrogens with zero attached hydrogens (tertiary/aromatic N) is 2. The van der Waals surface area contributed by atoms with Crippen molar-refractivity contribution in [3.05, 3.63) is 87.4 Å². The summed E-state index contributed by atoms with van der Waals surface area (Å²) in [6.07, 6.45) is 0. The Bertz CT molecular complexity index is 1600. The minimum atomic E-state index is -0.951. The molecule has 0 bridgehead atoms. The van der Waals surface area contributed by atoms with Crippen molar-refractivity contribution in [2.24, 2.45) is 0 Å². The molecule has 1 amide bonds. The lowest BCUT2D eigenvalue weighted by molar-refractivity contribution is -0.132. The molecule has 1 saturated heterocycles. The van der Waals surface area contributed by atoms with Gasteiger partial charge in [-0.15, -0.1) is 0 Å². The van der Waals surface area contributed by atoms with Gasteiger partial charge in [-0.25, -0.2) is 4.98 Å². The topological polar surface area (TPSA) is 89.0 Å². The van der Waals surface area contributed by atoms with Crippen molar-refractivity contribution in [1.29, 1.82) is 0 Å². The summed E-state index contributed by atoms with van der Waals surface area (Å²) < 4.78 is 11.9. The van der Waals surface area contributed by atoms with Gasteiger partial charge in [-0.05, 0) is 54.1 Å². The minimum Gasteiger partial charge on any atom is -0.507 e. The summed E-state index contributed by atoms with van der Waals surface area (Å²) in [5.41, 5.74) is 1.44. The Kier molecular flexibility index (Phi) is 5.59. The number of carbonyl (C=O) groups excluding carboxylic acids is 2. The summed E-state index contributed by atoms with van der Waals surface area (Å²) >= 11 is 13.6. The highest BCUT2D eigenvalue weighted by atomic mass is 35.5. The van der Waals surface area contributed by atoms with Crippen molar-refractivity contribution < 1.29 is 24.2 Å². The molecule has 180 valence electrons. The van der Waals surface area contributed by atoms with Crippen molar-refractivity contribution in [1.82, 2.24) is 4.98 Å². The van der Waals surface area contributed by atoms with Gasteiger partial charge < -0.3 is 14.6 Å². The zero-order valence-electron chi connectivity index (χ0n) is 18.4. The minimum absolute atomic E-state index is 0.0729. The van der Waals surface area contributed by atoms with Gasteiger partial charge in [0.25, 0.3) is 5.78 Å². The number of aromatic nitrogens is 1. The number of hydrogen-bond donors (Lipinski definition) is 1. The Morgan fingerprint density at radius 1 is 0.972 bits per heavy atom. The van der Waals surface area contributed by atoms with Crippen LogP contribution in [0, 0.1) is 0 Å². The Labute approximate surface area is 219 Å². The van der Waals surface area contributed by atoms with Crippen LogP contribution in [0.15, 0.2) is 66.2 Å². The quantitative estimate of drug-likeness (QED) is 0.195. The number of fused-ring (bicyclic) bond motifs is 2. The lowest BCUT2D eigenvalue weighted by atomic mass is 9.95. The lowest BCUT2D eigenvalue weighted by Crippen LogP contribution is -2.29. The molecular formula is C26H16Cl2N2O5S. The fraction of sp³-hybridized carbons (Fsp3) is 0.115. The van der Waals surface area contributed by atoms with Crippen molar-refractivity contribution in [2.75, 3.05) is 18.1 Å². The molecule has 2 aliphatic rings. The largest absolute Gasteiger partial charge is 0.507 e. The molecule has 0 unspecified atom stereocenters. The van der Waals surface area contributed by atoms with E-state index >= 15 is 0 Å². The normalized spacial score (nSPS) is 18.7. The number of hydrogen-bond acceptors (Lipinski definition) is 7. The van der Waals surface area contributed by atoms with Crippen molar-refractivity contribution in [3.63, 3.8) is 0 Å². The van der Waals surface area contributed by atoms with E-state index in [0.29, 0.717) is 56.5 Å². The van der Waals surface area contributed by atoms with Crippen LogP contribution in [-0.4, -0.2) is 35.0 Å². The van der Waals surface area contributed by atoms with Crippen molar-refractivity contribution in [3.8, 4) is 11.5 Å². The number of ether oxygens (including phenoxy) is 2. The molecule has 1 N–H and O–H groups in total. The highest BCUT2D eigenvalue weighted by Crippen LogP contribution is 2.45. The number of aliphatic hydroxyl groups is 1. The predicted octanol–water partition coefficient (Wildman–Crippen LogP) is 6.00. The number of benzene rings is 3. The van der Waals surface area contributed by atoms with Crippen LogP contribution >= 0.6 is 34.5 Å². The van der Waals surface area contributed by atoms with Crippen LogP contribution in [-0.2, 0) is 9.59 Å². The molecule has 0 spiro atoms. The van der Waals surface area contributed by atoms with E-state index in [2.05, 4.69) is 4.98 Å². The number of thiazole rings is 1.